The van der Waals surface area contributed by atoms with Crippen molar-refractivity contribution >= 4 is 18.0 Å². The van der Waals surface area contributed by atoms with Crippen LogP contribution in [0.5, 0.6) is 0 Å². The van der Waals surface area contributed by atoms with Gasteiger partial charge < -0.3 is 20.5 Å². The van der Waals surface area contributed by atoms with Gasteiger partial charge in [0.15, 0.2) is 0 Å². The van der Waals surface area contributed by atoms with Gasteiger partial charge in [-0.3, -0.25) is 4.79 Å². The normalized spacial score (nSPS) is 11.3. The Morgan fingerprint density at radius 3 is 2.21 bits per heavy atom. The summed E-state index contributed by atoms with van der Waals surface area (Å²) in [6.07, 6.45) is 6.45. The van der Waals surface area contributed by atoms with Crippen LogP contribution in [0.1, 0.15) is 59.3 Å². The van der Waals surface area contributed by atoms with Crippen LogP contribution >= 0.6 is 0 Å². The van der Waals surface area contributed by atoms with Crippen molar-refractivity contribution in [2.24, 2.45) is 0 Å². The molecule has 0 saturated heterocycles. The van der Waals surface area contributed by atoms with Gasteiger partial charge in [0.2, 0.25) is 5.91 Å². The maximum absolute atomic E-state index is 11.6. The third-order valence-electron chi connectivity index (χ3n) is 2.88. The van der Waals surface area contributed by atoms with Crippen molar-refractivity contribution in [1.82, 2.24) is 10.6 Å². The lowest BCUT2D eigenvalue weighted by atomic mass is 10.2. The van der Waals surface area contributed by atoms with Gasteiger partial charge >= 0.3 is 12.1 Å². The molecule has 24 heavy (non-hydrogen) atoms. The molecule has 0 aliphatic carbocycles. The van der Waals surface area contributed by atoms with E-state index in [0.29, 0.717) is 25.9 Å². The zero-order valence-corrected chi connectivity index (χ0v) is 14.9. The van der Waals surface area contributed by atoms with E-state index in [1.54, 1.807) is 6.08 Å². The maximum atomic E-state index is 11.6. The Kier molecular flexibility index (Phi) is 11.3. The van der Waals surface area contributed by atoms with Gasteiger partial charge in [-0.15, -0.1) is 0 Å². The summed E-state index contributed by atoms with van der Waals surface area (Å²) in [4.78, 5) is 33.2. The van der Waals surface area contributed by atoms with Crippen molar-refractivity contribution in [2.75, 3.05) is 13.1 Å². The lowest BCUT2D eigenvalue weighted by Crippen LogP contribution is -2.33. The number of carboxylic acids is 1. The van der Waals surface area contributed by atoms with Crippen molar-refractivity contribution in [3.8, 4) is 0 Å². The number of unbranched alkanes of at least 4 members (excludes halogenated alkanes) is 3. The molecule has 0 aromatic heterocycles. The minimum Gasteiger partial charge on any atom is -0.478 e. The Morgan fingerprint density at radius 1 is 1.00 bits per heavy atom. The molecule has 2 amide bonds. The van der Waals surface area contributed by atoms with Crippen LogP contribution in [0.4, 0.5) is 4.79 Å². The van der Waals surface area contributed by atoms with E-state index in [1.807, 2.05) is 20.8 Å². The SMILES string of the molecule is CC(C)(C)OC(=O)NCCCCNC(=O)CCCC/C=C\C(=O)O. The topological polar surface area (TPSA) is 105 Å². The molecule has 7 nitrogen and oxygen atoms in total. The average molecular weight is 342 g/mol. The Hall–Kier alpha value is -2.05. The molecular weight excluding hydrogens is 312 g/mol. The van der Waals surface area contributed by atoms with E-state index in [0.717, 1.165) is 31.8 Å². The quantitative estimate of drug-likeness (QED) is 0.395. The highest BCUT2D eigenvalue weighted by molar-refractivity contribution is 5.79. The number of rotatable bonds is 11. The molecule has 3 N–H and O–H groups in total. The van der Waals surface area contributed by atoms with Gasteiger partial charge in [-0.25, -0.2) is 9.59 Å². The van der Waals surface area contributed by atoms with Crippen molar-refractivity contribution < 1.29 is 24.2 Å². The fourth-order valence-corrected chi connectivity index (χ4v) is 1.80. The molecule has 0 aliphatic rings. The zero-order valence-electron chi connectivity index (χ0n) is 14.9. The molecule has 0 radical (unpaired) electrons. The first kappa shape index (κ1) is 21.9. The molecule has 0 spiro atoms. The number of carbonyl (C=O) groups is 3. The summed E-state index contributed by atoms with van der Waals surface area (Å²) in [6, 6.07) is 0. The number of ether oxygens (including phenoxy) is 1. The van der Waals surface area contributed by atoms with Gasteiger partial charge in [-0.1, -0.05) is 6.08 Å². The summed E-state index contributed by atoms with van der Waals surface area (Å²) >= 11 is 0. The number of hydrogen-bond donors (Lipinski definition) is 3. The number of carboxylic acid groups (broad SMARTS) is 1. The highest BCUT2D eigenvalue weighted by Crippen LogP contribution is 2.06. The van der Waals surface area contributed by atoms with Crippen LogP contribution in [0.3, 0.4) is 0 Å². The molecule has 0 saturated carbocycles. The Labute approximate surface area is 143 Å². The highest BCUT2D eigenvalue weighted by Gasteiger charge is 2.15. The van der Waals surface area contributed by atoms with E-state index < -0.39 is 17.7 Å². The van der Waals surface area contributed by atoms with Gasteiger partial charge in [0.25, 0.3) is 0 Å². The second kappa shape index (κ2) is 12.4. The van der Waals surface area contributed by atoms with E-state index in [2.05, 4.69) is 10.6 Å². The third-order valence-corrected chi connectivity index (χ3v) is 2.88. The van der Waals surface area contributed by atoms with Crippen LogP contribution < -0.4 is 10.6 Å². The van der Waals surface area contributed by atoms with Gasteiger partial charge in [-0.05, 0) is 52.9 Å². The number of nitrogens with one attached hydrogen (secondary N) is 2. The Balaban J connectivity index is 3.46. The monoisotopic (exact) mass is 342 g/mol. The predicted molar refractivity (Wildman–Crippen MR) is 91.7 cm³/mol. The maximum Gasteiger partial charge on any atom is 0.407 e. The van der Waals surface area contributed by atoms with Gasteiger partial charge in [0.1, 0.15) is 5.60 Å². The van der Waals surface area contributed by atoms with Crippen molar-refractivity contribution in [1.29, 1.82) is 0 Å². The molecule has 0 aliphatic heterocycles. The minimum atomic E-state index is -0.950. The lowest BCUT2D eigenvalue weighted by molar-refractivity contribution is -0.131. The lowest BCUT2D eigenvalue weighted by Gasteiger charge is -2.19. The minimum absolute atomic E-state index is 0.00249. The Bertz CT molecular complexity index is 427. The number of hydrogen-bond acceptors (Lipinski definition) is 4. The zero-order chi connectivity index (χ0) is 18.4. The van der Waals surface area contributed by atoms with Gasteiger partial charge in [0.05, 0.1) is 0 Å². The average Bonchev–Trinajstić information content (AvgIpc) is 2.44. The van der Waals surface area contributed by atoms with E-state index in [9.17, 15) is 14.4 Å². The predicted octanol–water partition coefficient (Wildman–Crippen LogP) is 2.61. The second-order valence-electron chi connectivity index (χ2n) is 6.47. The first-order chi connectivity index (χ1) is 11.2. The molecule has 0 fully saturated rings. The molecule has 0 aromatic carbocycles. The molecule has 138 valence electrons. The molecule has 0 aromatic rings. The fourth-order valence-electron chi connectivity index (χ4n) is 1.80. The van der Waals surface area contributed by atoms with E-state index in [4.69, 9.17) is 9.84 Å². The second-order valence-corrected chi connectivity index (χ2v) is 6.47. The van der Waals surface area contributed by atoms with Crippen LogP contribution in [0, 0.1) is 0 Å². The van der Waals surface area contributed by atoms with Crippen molar-refractivity contribution in [3.63, 3.8) is 0 Å². The van der Waals surface area contributed by atoms with Crippen LogP contribution in [0.15, 0.2) is 12.2 Å². The molecule has 0 heterocycles. The standard InChI is InChI=1S/C17H30N2O5/c1-17(2,3)24-16(23)19-13-9-8-12-18-14(20)10-6-4-5-7-11-15(21)22/h7,11H,4-6,8-10,12-13H2,1-3H3,(H,18,20)(H,19,23)(H,21,22)/b11-7-. The van der Waals surface area contributed by atoms with Gasteiger partial charge in [0, 0.05) is 25.6 Å². The molecule has 0 bridgehead atoms. The number of allylic oxidation sites excluding steroid dienone is 1. The largest absolute Gasteiger partial charge is 0.478 e. The number of amides is 2. The van der Waals surface area contributed by atoms with Crippen molar-refractivity contribution in [3.05, 3.63) is 12.2 Å². The molecular formula is C17H30N2O5. The first-order valence-corrected chi connectivity index (χ1v) is 8.34. The van der Waals surface area contributed by atoms with E-state index in [1.165, 1.54) is 0 Å². The van der Waals surface area contributed by atoms with Crippen LogP contribution in [-0.2, 0) is 14.3 Å². The first-order valence-electron chi connectivity index (χ1n) is 8.34. The number of carbonyl (C=O) groups excluding carboxylic acids is 2. The van der Waals surface area contributed by atoms with E-state index in [-0.39, 0.29) is 5.91 Å². The Morgan fingerprint density at radius 2 is 1.62 bits per heavy atom. The summed E-state index contributed by atoms with van der Waals surface area (Å²) in [7, 11) is 0. The summed E-state index contributed by atoms with van der Waals surface area (Å²) in [6.45, 7) is 6.52. The summed E-state index contributed by atoms with van der Waals surface area (Å²) < 4.78 is 5.11. The summed E-state index contributed by atoms with van der Waals surface area (Å²) in [5.74, 6) is -0.953. The summed E-state index contributed by atoms with van der Waals surface area (Å²) in [5, 5.41) is 13.9. The van der Waals surface area contributed by atoms with Crippen LogP contribution in [0.2, 0.25) is 0 Å². The molecule has 7 heteroatoms. The number of aliphatic carboxylic acids is 1. The van der Waals surface area contributed by atoms with Crippen molar-refractivity contribution in [2.45, 2.75) is 64.9 Å². The highest BCUT2D eigenvalue weighted by atomic mass is 16.6. The molecule has 0 rings (SSSR count). The fraction of sp³-hybridized carbons (Fsp3) is 0.706. The van der Waals surface area contributed by atoms with Gasteiger partial charge in [-0.2, -0.15) is 0 Å². The smallest absolute Gasteiger partial charge is 0.407 e. The summed E-state index contributed by atoms with van der Waals surface area (Å²) in [5.41, 5.74) is -0.499. The third kappa shape index (κ3) is 16.3. The number of alkyl carbamates (subject to hydrolysis) is 1. The van der Waals surface area contributed by atoms with Crippen LogP contribution in [0.25, 0.3) is 0 Å². The van der Waals surface area contributed by atoms with E-state index >= 15 is 0 Å². The van der Waals surface area contributed by atoms with Crippen LogP contribution in [-0.4, -0.2) is 41.8 Å². The molecule has 0 atom stereocenters. The molecule has 0 unspecified atom stereocenters.